The number of H-pyrrole nitrogens is 1. The third-order valence-electron chi connectivity index (χ3n) is 1.81. The van der Waals surface area contributed by atoms with E-state index in [-0.39, 0.29) is 5.56 Å². The van der Waals surface area contributed by atoms with E-state index >= 15 is 0 Å². The third kappa shape index (κ3) is 1.52. The van der Waals surface area contributed by atoms with E-state index < -0.39 is 0 Å². The van der Waals surface area contributed by atoms with Gasteiger partial charge in [0.25, 0.3) is 5.56 Å². The maximum atomic E-state index is 11.4. The van der Waals surface area contributed by atoms with Crippen molar-refractivity contribution in [2.75, 3.05) is 5.73 Å². The fourth-order valence-corrected chi connectivity index (χ4v) is 1.41. The van der Waals surface area contributed by atoms with Gasteiger partial charge in [0.05, 0.1) is 5.69 Å². The van der Waals surface area contributed by atoms with Crippen LogP contribution in [0.4, 0.5) is 5.82 Å². The van der Waals surface area contributed by atoms with Crippen LogP contribution < -0.4 is 11.3 Å². The second-order valence-electron chi connectivity index (χ2n) is 2.87. The van der Waals surface area contributed by atoms with Crippen molar-refractivity contribution in [3.63, 3.8) is 0 Å². The molecular formula is C9H8ClN3O. The minimum Gasteiger partial charge on any atom is -0.384 e. The molecule has 0 saturated carbocycles. The summed E-state index contributed by atoms with van der Waals surface area (Å²) in [6.45, 7) is 0. The van der Waals surface area contributed by atoms with E-state index in [0.717, 1.165) is 0 Å². The Bertz CT molecular complexity index is 515. The average Bonchev–Trinajstić information content (AvgIpc) is 2.45. The lowest BCUT2D eigenvalue weighted by atomic mass is 10.3. The second-order valence-corrected chi connectivity index (χ2v) is 3.30. The molecule has 2 aromatic rings. The van der Waals surface area contributed by atoms with Crippen LogP contribution in [0.1, 0.15) is 0 Å². The van der Waals surface area contributed by atoms with E-state index in [0.29, 0.717) is 16.5 Å². The van der Waals surface area contributed by atoms with Crippen LogP contribution in [0.25, 0.3) is 5.69 Å². The van der Waals surface area contributed by atoms with Crippen molar-refractivity contribution < 1.29 is 0 Å². The molecule has 0 bridgehead atoms. The molecule has 0 spiro atoms. The molecule has 0 saturated heterocycles. The highest BCUT2D eigenvalue weighted by Gasteiger charge is 2.02. The quantitative estimate of drug-likeness (QED) is 0.746. The molecule has 3 N–H and O–H groups in total. The molecule has 2 rings (SSSR count). The highest BCUT2D eigenvalue weighted by molar-refractivity contribution is 6.30. The number of nitrogens with one attached hydrogen (secondary N) is 1. The van der Waals surface area contributed by atoms with Gasteiger partial charge in [-0.1, -0.05) is 17.7 Å². The molecular weight excluding hydrogens is 202 g/mol. The van der Waals surface area contributed by atoms with E-state index in [4.69, 9.17) is 17.3 Å². The van der Waals surface area contributed by atoms with E-state index in [1.54, 1.807) is 24.3 Å². The zero-order valence-corrected chi connectivity index (χ0v) is 7.95. The van der Waals surface area contributed by atoms with E-state index in [2.05, 4.69) is 5.10 Å². The molecule has 1 heterocycles. The molecule has 1 aromatic heterocycles. The van der Waals surface area contributed by atoms with Gasteiger partial charge in [-0.3, -0.25) is 9.89 Å². The summed E-state index contributed by atoms with van der Waals surface area (Å²) in [5, 5.41) is 3.28. The van der Waals surface area contributed by atoms with Crippen LogP contribution in [0.3, 0.4) is 0 Å². The van der Waals surface area contributed by atoms with Crippen LogP contribution in [0, 0.1) is 0 Å². The Labute approximate surface area is 84.9 Å². The zero-order chi connectivity index (χ0) is 10.1. The Kier molecular flexibility index (Phi) is 2.05. The number of nitrogens with zero attached hydrogens (tertiary/aromatic N) is 1. The number of aromatic amines is 1. The standard InChI is InChI=1S/C9H8ClN3O/c10-6-2-1-3-7(4-6)13-9(14)5-8(11)12-13/h1-5,12H,11H2. The van der Waals surface area contributed by atoms with E-state index in [9.17, 15) is 4.79 Å². The Balaban J connectivity index is 2.60. The number of nitrogens with two attached hydrogens (primary N) is 1. The van der Waals surface area contributed by atoms with Gasteiger partial charge in [-0.2, -0.15) is 0 Å². The summed E-state index contributed by atoms with van der Waals surface area (Å²) in [6, 6.07) is 8.27. The van der Waals surface area contributed by atoms with Crippen molar-refractivity contribution in [2.45, 2.75) is 0 Å². The van der Waals surface area contributed by atoms with Crippen molar-refractivity contribution in [3.05, 3.63) is 45.7 Å². The van der Waals surface area contributed by atoms with E-state index in [1.807, 2.05) is 0 Å². The molecule has 0 amide bonds. The molecule has 0 unspecified atom stereocenters. The lowest BCUT2D eigenvalue weighted by Crippen LogP contribution is -2.13. The lowest BCUT2D eigenvalue weighted by molar-refractivity contribution is 0.854. The summed E-state index contributed by atoms with van der Waals surface area (Å²) in [5.41, 5.74) is 5.91. The largest absolute Gasteiger partial charge is 0.384 e. The van der Waals surface area contributed by atoms with Crippen molar-refractivity contribution >= 4 is 17.4 Å². The predicted molar refractivity (Wildman–Crippen MR) is 55.8 cm³/mol. The van der Waals surface area contributed by atoms with Crippen LogP contribution in [-0.2, 0) is 0 Å². The van der Waals surface area contributed by atoms with Gasteiger partial charge in [-0.15, -0.1) is 0 Å². The minimum atomic E-state index is -0.204. The molecule has 0 aliphatic heterocycles. The molecule has 4 nitrogen and oxygen atoms in total. The highest BCUT2D eigenvalue weighted by Crippen LogP contribution is 2.12. The minimum absolute atomic E-state index is 0.204. The number of benzene rings is 1. The summed E-state index contributed by atoms with van der Waals surface area (Å²) in [7, 11) is 0. The van der Waals surface area contributed by atoms with Crippen LogP contribution in [0.2, 0.25) is 5.02 Å². The van der Waals surface area contributed by atoms with Crippen molar-refractivity contribution in [2.24, 2.45) is 0 Å². The first kappa shape index (κ1) is 8.90. The molecule has 14 heavy (non-hydrogen) atoms. The molecule has 5 heteroatoms. The van der Waals surface area contributed by atoms with Crippen LogP contribution in [0.5, 0.6) is 0 Å². The van der Waals surface area contributed by atoms with Gasteiger partial charge >= 0.3 is 0 Å². The first-order valence-corrected chi connectivity index (χ1v) is 4.38. The van der Waals surface area contributed by atoms with Crippen LogP contribution >= 0.6 is 11.6 Å². The monoisotopic (exact) mass is 209 g/mol. The summed E-state index contributed by atoms with van der Waals surface area (Å²) in [4.78, 5) is 11.4. The molecule has 0 radical (unpaired) electrons. The fraction of sp³-hybridized carbons (Fsp3) is 0. The smallest absolute Gasteiger partial charge is 0.273 e. The number of hydrogen-bond donors (Lipinski definition) is 2. The normalized spacial score (nSPS) is 10.4. The number of halogens is 1. The topological polar surface area (TPSA) is 63.8 Å². The first-order chi connectivity index (χ1) is 6.66. The number of hydrogen-bond acceptors (Lipinski definition) is 2. The Morgan fingerprint density at radius 3 is 2.71 bits per heavy atom. The molecule has 0 aliphatic rings. The van der Waals surface area contributed by atoms with Gasteiger partial charge in [-0.25, -0.2) is 4.68 Å². The van der Waals surface area contributed by atoms with Crippen molar-refractivity contribution in [3.8, 4) is 5.69 Å². The van der Waals surface area contributed by atoms with Crippen molar-refractivity contribution in [1.29, 1.82) is 0 Å². The Hall–Kier alpha value is -1.68. The Morgan fingerprint density at radius 2 is 2.14 bits per heavy atom. The molecule has 0 fully saturated rings. The summed E-state index contributed by atoms with van der Waals surface area (Å²) >= 11 is 5.79. The van der Waals surface area contributed by atoms with Crippen LogP contribution in [-0.4, -0.2) is 9.78 Å². The highest BCUT2D eigenvalue weighted by atomic mass is 35.5. The average molecular weight is 210 g/mol. The Morgan fingerprint density at radius 1 is 1.36 bits per heavy atom. The number of aromatic nitrogens is 2. The van der Waals surface area contributed by atoms with Gasteiger partial charge in [0.15, 0.2) is 0 Å². The predicted octanol–water partition coefficient (Wildman–Crippen LogP) is 1.40. The molecule has 1 aromatic carbocycles. The number of rotatable bonds is 1. The van der Waals surface area contributed by atoms with Gasteiger partial charge in [0.1, 0.15) is 5.82 Å². The number of nitrogen functional groups attached to an aromatic ring is 1. The third-order valence-corrected chi connectivity index (χ3v) is 2.04. The summed E-state index contributed by atoms with van der Waals surface area (Å²) < 4.78 is 1.33. The second kappa shape index (κ2) is 3.23. The maximum absolute atomic E-state index is 11.4. The zero-order valence-electron chi connectivity index (χ0n) is 7.20. The first-order valence-electron chi connectivity index (χ1n) is 4.00. The van der Waals surface area contributed by atoms with Crippen molar-refractivity contribution in [1.82, 2.24) is 9.78 Å². The van der Waals surface area contributed by atoms with Gasteiger partial charge in [0.2, 0.25) is 0 Å². The van der Waals surface area contributed by atoms with Crippen LogP contribution in [0.15, 0.2) is 35.1 Å². The summed E-state index contributed by atoms with van der Waals surface area (Å²) in [6.07, 6.45) is 0. The van der Waals surface area contributed by atoms with Gasteiger partial charge in [-0.05, 0) is 18.2 Å². The fourth-order valence-electron chi connectivity index (χ4n) is 1.22. The number of anilines is 1. The summed E-state index contributed by atoms with van der Waals surface area (Å²) in [5.74, 6) is 0.329. The van der Waals surface area contributed by atoms with Gasteiger partial charge < -0.3 is 5.73 Å². The maximum Gasteiger partial charge on any atom is 0.273 e. The lowest BCUT2D eigenvalue weighted by Gasteiger charge is -2.00. The van der Waals surface area contributed by atoms with E-state index in [1.165, 1.54) is 10.7 Å². The molecule has 72 valence electrons. The molecule has 0 atom stereocenters. The molecule has 0 aliphatic carbocycles. The SMILES string of the molecule is Nc1cc(=O)n(-c2cccc(Cl)c2)[nH]1. The van der Waals surface area contributed by atoms with Gasteiger partial charge in [0, 0.05) is 11.1 Å².